The minimum atomic E-state index is -0.989. The van der Waals surface area contributed by atoms with Gasteiger partial charge in [0.05, 0.1) is 6.61 Å². The highest BCUT2D eigenvalue weighted by Crippen LogP contribution is 2.30. The third kappa shape index (κ3) is 3.02. The number of aliphatic hydroxyl groups is 1. The molecule has 0 aromatic heterocycles. The van der Waals surface area contributed by atoms with Crippen molar-refractivity contribution in [3.63, 3.8) is 0 Å². The zero-order valence-corrected chi connectivity index (χ0v) is 12.4. The van der Waals surface area contributed by atoms with Crippen LogP contribution in [0.1, 0.15) is 37.5 Å². The van der Waals surface area contributed by atoms with E-state index in [2.05, 4.69) is 19.1 Å². The summed E-state index contributed by atoms with van der Waals surface area (Å²) in [6.07, 6.45) is 1.01. The summed E-state index contributed by atoms with van der Waals surface area (Å²) in [6, 6.07) is 15.8. The van der Waals surface area contributed by atoms with Gasteiger partial charge in [-0.25, -0.2) is 0 Å². The quantitative estimate of drug-likeness (QED) is 0.892. The molecule has 0 amide bonds. The van der Waals surface area contributed by atoms with Crippen molar-refractivity contribution in [2.45, 2.75) is 32.8 Å². The van der Waals surface area contributed by atoms with Crippen LogP contribution in [0.25, 0.3) is 0 Å². The molecular weight excluding hydrogens is 248 g/mol. The molecule has 2 rings (SSSR count). The van der Waals surface area contributed by atoms with Crippen molar-refractivity contribution in [3.05, 3.63) is 65.2 Å². The van der Waals surface area contributed by atoms with Gasteiger partial charge in [-0.3, -0.25) is 0 Å². The van der Waals surface area contributed by atoms with Crippen molar-refractivity contribution >= 4 is 0 Å². The first kappa shape index (κ1) is 14.6. The minimum absolute atomic E-state index is 0.647. The first-order valence-electron chi connectivity index (χ1n) is 7.13. The van der Waals surface area contributed by atoms with Gasteiger partial charge < -0.3 is 9.84 Å². The zero-order chi connectivity index (χ0) is 14.6. The number of hydrogen-bond acceptors (Lipinski definition) is 2. The Bertz CT molecular complexity index is 539. The van der Waals surface area contributed by atoms with Gasteiger partial charge in [-0.15, -0.1) is 0 Å². The molecule has 0 fully saturated rings. The Kier molecular flexibility index (Phi) is 4.46. The van der Waals surface area contributed by atoms with Gasteiger partial charge in [0.15, 0.2) is 0 Å². The molecular formula is C18H22O2. The average Bonchev–Trinajstić information content (AvgIpc) is 2.48. The Morgan fingerprint density at radius 2 is 1.40 bits per heavy atom. The minimum Gasteiger partial charge on any atom is -0.494 e. The largest absolute Gasteiger partial charge is 0.494 e. The standard InChI is InChI=1S/C18H22O2/c1-4-14-6-8-15(9-7-14)18(3,19)16-10-12-17(13-11-16)20-5-2/h6-13,19H,4-5H2,1-3H3. The molecule has 0 radical (unpaired) electrons. The average molecular weight is 270 g/mol. The van der Waals surface area contributed by atoms with E-state index in [0.717, 1.165) is 23.3 Å². The van der Waals surface area contributed by atoms with Crippen molar-refractivity contribution in [2.24, 2.45) is 0 Å². The molecule has 2 aromatic rings. The topological polar surface area (TPSA) is 29.5 Å². The maximum absolute atomic E-state index is 10.8. The molecule has 0 spiro atoms. The number of hydrogen-bond donors (Lipinski definition) is 1. The van der Waals surface area contributed by atoms with Gasteiger partial charge in [0, 0.05) is 0 Å². The number of benzene rings is 2. The predicted molar refractivity (Wildman–Crippen MR) is 82.1 cm³/mol. The molecule has 1 atom stereocenters. The predicted octanol–water partition coefficient (Wildman–Crippen LogP) is 3.90. The maximum atomic E-state index is 10.8. The van der Waals surface area contributed by atoms with Gasteiger partial charge in [0.25, 0.3) is 0 Å². The fourth-order valence-electron chi connectivity index (χ4n) is 2.27. The summed E-state index contributed by atoms with van der Waals surface area (Å²) in [5.41, 5.74) is 2.05. The van der Waals surface area contributed by atoms with Gasteiger partial charge >= 0.3 is 0 Å². The molecule has 2 heteroatoms. The molecule has 2 nitrogen and oxygen atoms in total. The summed E-state index contributed by atoms with van der Waals surface area (Å²) in [6.45, 7) is 6.55. The lowest BCUT2D eigenvalue weighted by Gasteiger charge is -2.25. The van der Waals surface area contributed by atoms with Gasteiger partial charge in [0.2, 0.25) is 0 Å². The Morgan fingerprint density at radius 3 is 1.85 bits per heavy atom. The Balaban J connectivity index is 2.27. The molecule has 0 heterocycles. The zero-order valence-electron chi connectivity index (χ0n) is 12.4. The van der Waals surface area contributed by atoms with Crippen molar-refractivity contribution in [3.8, 4) is 5.75 Å². The highest BCUT2D eigenvalue weighted by Gasteiger charge is 2.25. The molecule has 20 heavy (non-hydrogen) atoms. The summed E-state index contributed by atoms with van der Waals surface area (Å²) in [5.74, 6) is 0.827. The summed E-state index contributed by atoms with van der Waals surface area (Å²) in [7, 11) is 0. The van der Waals surface area contributed by atoms with Crippen LogP contribution in [0, 0.1) is 0 Å². The van der Waals surface area contributed by atoms with Crippen molar-refractivity contribution in [1.82, 2.24) is 0 Å². The van der Waals surface area contributed by atoms with E-state index >= 15 is 0 Å². The molecule has 0 aliphatic heterocycles. The normalized spacial score (nSPS) is 13.8. The van der Waals surface area contributed by atoms with Crippen LogP contribution < -0.4 is 4.74 Å². The van der Waals surface area contributed by atoms with Crippen LogP contribution in [0.3, 0.4) is 0 Å². The SMILES string of the molecule is CCOc1ccc(C(C)(O)c2ccc(CC)cc2)cc1. The second-order valence-corrected chi connectivity index (χ2v) is 5.08. The molecule has 2 aromatic carbocycles. The number of aryl methyl sites for hydroxylation is 1. The fourth-order valence-corrected chi connectivity index (χ4v) is 2.27. The first-order chi connectivity index (χ1) is 9.57. The molecule has 0 bridgehead atoms. The molecule has 0 saturated carbocycles. The van der Waals surface area contributed by atoms with E-state index in [0.29, 0.717) is 6.61 Å². The van der Waals surface area contributed by atoms with Gasteiger partial charge in [-0.1, -0.05) is 43.3 Å². The summed E-state index contributed by atoms with van der Waals surface area (Å²) >= 11 is 0. The lowest BCUT2D eigenvalue weighted by molar-refractivity contribution is 0.102. The van der Waals surface area contributed by atoms with E-state index in [1.807, 2.05) is 50.2 Å². The Labute approximate surface area is 121 Å². The van der Waals surface area contributed by atoms with Crippen LogP contribution >= 0.6 is 0 Å². The van der Waals surface area contributed by atoms with Crippen molar-refractivity contribution in [2.75, 3.05) is 6.61 Å². The second-order valence-electron chi connectivity index (χ2n) is 5.08. The van der Waals surface area contributed by atoms with E-state index in [1.165, 1.54) is 5.56 Å². The molecule has 0 saturated heterocycles. The number of ether oxygens (including phenoxy) is 1. The summed E-state index contributed by atoms with van der Waals surface area (Å²) in [4.78, 5) is 0. The highest BCUT2D eigenvalue weighted by atomic mass is 16.5. The van der Waals surface area contributed by atoms with Crippen LogP contribution in [0.15, 0.2) is 48.5 Å². The van der Waals surface area contributed by atoms with Crippen LogP contribution in [0.2, 0.25) is 0 Å². The number of rotatable bonds is 5. The van der Waals surface area contributed by atoms with Gasteiger partial charge in [-0.2, -0.15) is 0 Å². The monoisotopic (exact) mass is 270 g/mol. The van der Waals surface area contributed by atoms with E-state index in [-0.39, 0.29) is 0 Å². The molecule has 0 aliphatic carbocycles. The maximum Gasteiger partial charge on any atom is 0.119 e. The van der Waals surface area contributed by atoms with Crippen LogP contribution in [-0.4, -0.2) is 11.7 Å². The van der Waals surface area contributed by atoms with Crippen molar-refractivity contribution < 1.29 is 9.84 Å². The highest BCUT2D eigenvalue weighted by molar-refractivity contribution is 5.39. The van der Waals surface area contributed by atoms with Crippen LogP contribution in [0.5, 0.6) is 5.75 Å². The van der Waals surface area contributed by atoms with E-state index in [1.54, 1.807) is 0 Å². The van der Waals surface area contributed by atoms with Gasteiger partial charge in [0.1, 0.15) is 11.4 Å². The van der Waals surface area contributed by atoms with Crippen LogP contribution in [0.4, 0.5) is 0 Å². The first-order valence-corrected chi connectivity index (χ1v) is 7.13. The lowest BCUT2D eigenvalue weighted by Crippen LogP contribution is -2.22. The Hall–Kier alpha value is -1.80. The van der Waals surface area contributed by atoms with E-state index in [9.17, 15) is 5.11 Å². The van der Waals surface area contributed by atoms with Crippen molar-refractivity contribution in [1.29, 1.82) is 0 Å². The second kappa shape index (κ2) is 6.10. The van der Waals surface area contributed by atoms with Crippen LogP contribution in [-0.2, 0) is 12.0 Å². The third-order valence-corrected chi connectivity index (χ3v) is 3.65. The van der Waals surface area contributed by atoms with Gasteiger partial charge in [-0.05, 0) is 49.1 Å². The summed E-state index contributed by atoms with van der Waals surface area (Å²) < 4.78 is 5.43. The fraction of sp³-hybridized carbons (Fsp3) is 0.333. The van der Waals surface area contributed by atoms with E-state index < -0.39 is 5.60 Å². The molecule has 1 N–H and O–H groups in total. The Morgan fingerprint density at radius 1 is 0.900 bits per heavy atom. The smallest absolute Gasteiger partial charge is 0.119 e. The summed E-state index contributed by atoms with van der Waals surface area (Å²) in [5, 5.41) is 10.8. The molecule has 1 unspecified atom stereocenters. The molecule has 0 aliphatic rings. The van der Waals surface area contributed by atoms with E-state index in [4.69, 9.17) is 4.74 Å². The third-order valence-electron chi connectivity index (χ3n) is 3.65. The molecule has 106 valence electrons. The lowest BCUT2D eigenvalue weighted by atomic mass is 9.87.